The van der Waals surface area contributed by atoms with E-state index in [1.165, 1.54) is 0 Å². The number of hydrogen-bond donors (Lipinski definition) is 1. The fourth-order valence-electron chi connectivity index (χ4n) is 2.37. The van der Waals surface area contributed by atoms with Gasteiger partial charge in [-0.2, -0.15) is 0 Å². The minimum atomic E-state index is -1.04. The molecule has 1 amide bonds. The van der Waals surface area contributed by atoms with E-state index in [0.717, 1.165) is 25.7 Å². The highest BCUT2D eigenvalue weighted by Crippen LogP contribution is 2.22. The summed E-state index contributed by atoms with van der Waals surface area (Å²) < 4.78 is 17.4. The van der Waals surface area contributed by atoms with Crippen LogP contribution >= 0.6 is 11.6 Å². The van der Waals surface area contributed by atoms with E-state index in [1.807, 2.05) is 6.07 Å². The molecule has 0 aromatic heterocycles. The summed E-state index contributed by atoms with van der Waals surface area (Å²) in [6.07, 6.45) is 4.23. The third-order valence-electron chi connectivity index (χ3n) is 3.44. The Bertz CT molecular complexity index is 503. The van der Waals surface area contributed by atoms with Crippen molar-refractivity contribution in [3.8, 4) is 5.75 Å². The smallest absolute Gasteiger partial charge is 0.232 e. The minimum Gasteiger partial charge on any atom is -0.492 e. The number of benzene rings is 1. The number of carbonyl (C=O) groups is 1. The lowest BCUT2D eigenvalue weighted by molar-refractivity contribution is -0.118. The Morgan fingerprint density at radius 1 is 1.38 bits per heavy atom. The second-order valence-corrected chi connectivity index (χ2v) is 7.24. The molecule has 1 fully saturated rings. The van der Waals surface area contributed by atoms with Crippen molar-refractivity contribution in [2.45, 2.75) is 30.9 Å². The molecule has 0 saturated heterocycles. The molecular weight excluding hydrogens is 310 g/mol. The largest absolute Gasteiger partial charge is 0.492 e. The SMILES string of the molecule is O=C(C[S@@](=O)C1CCCC1)NCCOc1cccc(Cl)c1. The Morgan fingerprint density at radius 2 is 2.14 bits per heavy atom. The first-order chi connectivity index (χ1) is 10.1. The van der Waals surface area contributed by atoms with E-state index < -0.39 is 10.8 Å². The molecule has 116 valence electrons. The van der Waals surface area contributed by atoms with E-state index in [0.29, 0.717) is 23.9 Å². The maximum Gasteiger partial charge on any atom is 0.232 e. The van der Waals surface area contributed by atoms with Gasteiger partial charge in [0.1, 0.15) is 18.1 Å². The predicted octanol–water partition coefficient (Wildman–Crippen LogP) is 2.53. The first-order valence-electron chi connectivity index (χ1n) is 7.17. The van der Waals surface area contributed by atoms with Crippen LogP contribution in [0.15, 0.2) is 24.3 Å². The normalized spacial score (nSPS) is 16.6. The molecule has 1 atom stereocenters. The molecule has 1 saturated carbocycles. The van der Waals surface area contributed by atoms with Gasteiger partial charge in [-0.25, -0.2) is 0 Å². The lowest BCUT2D eigenvalue weighted by Crippen LogP contribution is -2.33. The van der Waals surface area contributed by atoms with E-state index in [2.05, 4.69) is 5.32 Å². The highest BCUT2D eigenvalue weighted by Gasteiger charge is 2.22. The highest BCUT2D eigenvalue weighted by atomic mass is 35.5. The van der Waals surface area contributed by atoms with Gasteiger partial charge in [-0.15, -0.1) is 0 Å². The molecule has 6 heteroatoms. The number of rotatable bonds is 7. The first kappa shape index (κ1) is 16.3. The monoisotopic (exact) mass is 329 g/mol. The van der Waals surface area contributed by atoms with Crippen LogP contribution in [-0.4, -0.2) is 34.3 Å². The highest BCUT2D eigenvalue weighted by molar-refractivity contribution is 7.86. The van der Waals surface area contributed by atoms with Crippen LogP contribution in [0.3, 0.4) is 0 Å². The molecule has 0 spiro atoms. The molecule has 1 aliphatic rings. The minimum absolute atomic E-state index is 0.0990. The van der Waals surface area contributed by atoms with Crippen molar-refractivity contribution in [1.29, 1.82) is 0 Å². The molecule has 1 aliphatic carbocycles. The Balaban J connectivity index is 1.61. The van der Waals surface area contributed by atoms with Crippen LogP contribution in [0.4, 0.5) is 0 Å². The van der Waals surface area contributed by atoms with Gasteiger partial charge in [0.25, 0.3) is 0 Å². The quantitative estimate of drug-likeness (QED) is 0.782. The van der Waals surface area contributed by atoms with Gasteiger partial charge in [0.15, 0.2) is 0 Å². The lowest BCUT2D eigenvalue weighted by Gasteiger charge is -2.10. The van der Waals surface area contributed by atoms with Gasteiger partial charge in [0, 0.05) is 21.1 Å². The molecular formula is C15H20ClNO3S. The Morgan fingerprint density at radius 3 is 2.86 bits per heavy atom. The maximum absolute atomic E-state index is 12.0. The van der Waals surface area contributed by atoms with E-state index in [1.54, 1.807) is 18.2 Å². The maximum atomic E-state index is 12.0. The topological polar surface area (TPSA) is 55.4 Å². The average Bonchev–Trinajstić information content (AvgIpc) is 2.98. The molecule has 21 heavy (non-hydrogen) atoms. The van der Waals surface area contributed by atoms with Crippen LogP contribution in [0.25, 0.3) is 0 Å². The number of halogens is 1. The fraction of sp³-hybridized carbons (Fsp3) is 0.533. The van der Waals surface area contributed by atoms with E-state index in [-0.39, 0.29) is 16.9 Å². The Labute approximate surface area is 132 Å². The van der Waals surface area contributed by atoms with Crippen LogP contribution in [-0.2, 0) is 15.6 Å². The van der Waals surface area contributed by atoms with Gasteiger partial charge in [0.2, 0.25) is 5.91 Å². The molecule has 1 aromatic carbocycles. The summed E-state index contributed by atoms with van der Waals surface area (Å²) >= 11 is 5.84. The van der Waals surface area contributed by atoms with Crippen molar-refractivity contribution >= 4 is 28.3 Å². The molecule has 0 radical (unpaired) electrons. The lowest BCUT2D eigenvalue weighted by atomic mass is 10.3. The summed E-state index contributed by atoms with van der Waals surface area (Å²) in [5, 5.41) is 3.55. The predicted molar refractivity (Wildman–Crippen MR) is 85.2 cm³/mol. The Hall–Kier alpha value is -1.07. The number of carbonyl (C=O) groups excluding carboxylic acids is 1. The summed E-state index contributed by atoms with van der Waals surface area (Å²) in [6.45, 7) is 0.759. The zero-order valence-electron chi connectivity index (χ0n) is 11.8. The second kappa shape index (κ2) is 8.39. The molecule has 0 unspecified atom stereocenters. The second-order valence-electron chi connectivity index (χ2n) is 5.09. The molecule has 4 nitrogen and oxygen atoms in total. The number of amides is 1. The molecule has 0 aliphatic heterocycles. The van der Waals surface area contributed by atoms with Crippen LogP contribution in [0.2, 0.25) is 5.02 Å². The van der Waals surface area contributed by atoms with Gasteiger partial charge < -0.3 is 10.1 Å². The number of hydrogen-bond acceptors (Lipinski definition) is 3. The Kier molecular flexibility index (Phi) is 6.51. The van der Waals surface area contributed by atoms with Gasteiger partial charge in [-0.3, -0.25) is 9.00 Å². The first-order valence-corrected chi connectivity index (χ1v) is 8.93. The van der Waals surface area contributed by atoms with Gasteiger partial charge in [-0.05, 0) is 31.0 Å². The van der Waals surface area contributed by atoms with Crippen LogP contribution < -0.4 is 10.1 Å². The molecule has 1 N–H and O–H groups in total. The van der Waals surface area contributed by atoms with Crippen molar-refractivity contribution in [1.82, 2.24) is 5.32 Å². The zero-order chi connectivity index (χ0) is 15.1. The zero-order valence-corrected chi connectivity index (χ0v) is 13.4. The summed E-state index contributed by atoms with van der Waals surface area (Å²) in [7, 11) is -1.04. The molecule has 0 bridgehead atoms. The number of nitrogens with one attached hydrogen (secondary N) is 1. The average molecular weight is 330 g/mol. The van der Waals surface area contributed by atoms with Crippen molar-refractivity contribution in [3.63, 3.8) is 0 Å². The van der Waals surface area contributed by atoms with Crippen molar-refractivity contribution < 1.29 is 13.7 Å². The summed E-state index contributed by atoms with van der Waals surface area (Å²) in [4.78, 5) is 11.7. The summed E-state index contributed by atoms with van der Waals surface area (Å²) in [6, 6.07) is 7.11. The fourth-order valence-corrected chi connectivity index (χ4v) is 4.00. The summed E-state index contributed by atoms with van der Waals surface area (Å²) in [5.74, 6) is 0.600. The molecule has 1 aromatic rings. The molecule has 0 heterocycles. The van der Waals surface area contributed by atoms with Gasteiger partial charge >= 0.3 is 0 Å². The van der Waals surface area contributed by atoms with Crippen molar-refractivity contribution in [2.75, 3.05) is 18.9 Å². The van der Waals surface area contributed by atoms with E-state index in [4.69, 9.17) is 16.3 Å². The van der Waals surface area contributed by atoms with E-state index >= 15 is 0 Å². The number of ether oxygens (including phenoxy) is 1. The van der Waals surface area contributed by atoms with Gasteiger partial charge in [-0.1, -0.05) is 30.5 Å². The van der Waals surface area contributed by atoms with Gasteiger partial charge in [0.05, 0.1) is 6.54 Å². The van der Waals surface area contributed by atoms with Crippen molar-refractivity contribution in [2.24, 2.45) is 0 Å². The standard InChI is InChI=1S/C15H20ClNO3S/c16-12-4-3-5-13(10-12)20-9-8-17-15(18)11-21(19)14-6-1-2-7-14/h3-5,10,14H,1-2,6-9,11H2,(H,17,18)/t21-/m1/s1. The van der Waals surface area contributed by atoms with Crippen LogP contribution in [0.5, 0.6) is 5.75 Å². The van der Waals surface area contributed by atoms with Crippen molar-refractivity contribution in [3.05, 3.63) is 29.3 Å². The van der Waals surface area contributed by atoms with Crippen LogP contribution in [0, 0.1) is 0 Å². The van der Waals surface area contributed by atoms with Crippen LogP contribution in [0.1, 0.15) is 25.7 Å². The summed E-state index contributed by atoms with van der Waals surface area (Å²) in [5.41, 5.74) is 0. The molecule has 2 rings (SSSR count). The van der Waals surface area contributed by atoms with E-state index in [9.17, 15) is 9.00 Å². The third-order valence-corrected chi connectivity index (χ3v) is 5.43. The third kappa shape index (κ3) is 5.67.